The van der Waals surface area contributed by atoms with Crippen molar-refractivity contribution in [1.82, 2.24) is 5.32 Å². The summed E-state index contributed by atoms with van der Waals surface area (Å²) in [4.78, 5) is 11.4. The maximum atomic E-state index is 11.4. The molecular formula is C18H25NO2. The summed E-state index contributed by atoms with van der Waals surface area (Å²) in [6.45, 7) is 0.773. The van der Waals surface area contributed by atoms with Crippen molar-refractivity contribution in [3.63, 3.8) is 0 Å². The molecule has 0 spiro atoms. The second kappa shape index (κ2) is 6.50. The van der Waals surface area contributed by atoms with E-state index in [9.17, 15) is 4.79 Å². The lowest BCUT2D eigenvalue weighted by atomic mass is 9.87. The van der Waals surface area contributed by atoms with Gasteiger partial charge in [-0.3, -0.25) is 4.79 Å². The van der Waals surface area contributed by atoms with Gasteiger partial charge in [-0.15, -0.1) is 0 Å². The summed E-state index contributed by atoms with van der Waals surface area (Å²) in [5.41, 5.74) is 2.64. The van der Waals surface area contributed by atoms with Gasteiger partial charge in [-0.1, -0.05) is 37.8 Å². The van der Waals surface area contributed by atoms with Crippen LogP contribution in [0.4, 0.5) is 0 Å². The Morgan fingerprint density at radius 2 is 1.86 bits per heavy atom. The number of carbonyl (C=O) groups excluding carboxylic acids is 1. The molecule has 1 aliphatic carbocycles. The predicted octanol–water partition coefficient (Wildman–Crippen LogP) is 3.74. The first kappa shape index (κ1) is 14.4. The number of ether oxygens (including phenoxy) is 1. The maximum Gasteiger partial charge on any atom is 0.220 e. The highest BCUT2D eigenvalue weighted by atomic mass is 16.5. The van der Waals surface area contributed by atoms with E-state index in [0.29, 0.717) is 18.3 Å². The minimum atomic E-state index is 0.173. The molecule has 0 bridgehead atoms. The molecule has 2 fully saturated rings. The van der Waals surface area contributed by atoms with Crippen LogP contribution in [-0.4, -0.2) is 19.6 Å². The van der Waals surface area contributed by atoms with E-state index in [1.165, 1.54) is 49.7 Å². The summed E-state index contributed by atoms with van der Waals surface area (Å²) in [6.07, 6.45) is 8.52. The average Bonchev–Trinajstić information content (AvgIpc) is 2.77. The number of amides is 1. The van der Waals surface area contributed by atoms with Crippen LogP contribution in [0.2, 0.25) is 0 Å². The Kier molecular flexibility index (Phi) is 4.47. The second-order valence-electron chi connectivity index (χ2n) is 6.39. The summed E-state index contributed by atoms with van der Waals surface area (Å²) in [6, 6.07) is 6.53. The van der Waals surface area contributed by atoms with Gasteiger partial charge in [0.1, 0.15) is 5.75 Å². The summed E-state index contributed by atoms with van der Waals surface area (Å²) >= 11 is 0. The van der Waals surface area contributed by atoms with Crippen LogP contribution in [-0.2, 0) is 4.79 Å². The van der Waals surface area contributed by atoms with Crippen molar-refractivity contribution >= 4 is 5.91 Å². The van der Waals surface area contributed by atoms with E-state index in [2.05, 4.69) is 23.5 Å². The van der Waals surface area contributed by atoms with E-state index in [1.807, 2.05) is 0 Å². The van der Waals surface area contributed by atoms with E-state index in [-0.39, 0.29) is 5.91 Å². The molecule has 1 saturated carbocycles. The topological polar surface area (TPSA) is 38.3 Å². The first-order chi connectivity index (χ1) is 10.3. The van der Waals surface area contributed by atoms with E-state index < -0.39 is 0 Å². The highest BCUT2D eigenvalue weighted by Crippen LogP contribution is 2.38. The molecule has 1 amide bonds. The zero-order valence-corrected chi connectivity index (χ0v) is 12.9. The molecule has 1 saturated heterocycles. The third-order valence-electron chi connectivity index (χ3n) is 5.00. The minimum absolute atomic E-state index is 0.173. The fourth-order valence-corrected chi connectivity index (χ4v) is 3.76. The van der Waals surface area contributed by atoms with Crippen LogP contribution in [0.15, 0.2) is 18.2 Å². The highest BCUT2D eigenvalue weighted by Gasteiger charge is 2.25. The van der Waals surface area contributed by atoms with Crippen molar-refractivity contribution in [3.8, 4) is 5.75 Å². The van der Waals surface area contributed by atoms with Gasteiger partial charge < -0.3 is 10.1 Å². The number of hydrogen-bond acceptors (Lipinski definition) is 2. The average molecular weight is 287 g/mol. The summed E-state index contributed by atoms with van der Waals surface area (Å²) in [7, 11) is 1.76. The Bertz CT molecular complexity index is 504. The van der Waals surface area contributed by atoms with Crippen molar-refractivity contribution in [2.24, 2.45) is 0 Å². The highest BCUT2D eigenvalue weighted by molar-refractivity contribution is 5.79. The van der Waals surface area contributed by atoms with Gasteiger partial charge >= 0.3 is 0 Å². The first-order valence-corrected chi connectivity index (χ1v) is 8.22. The predicted molar refractivity (Wildman–Crippen MR) is 83.8 cm³/mol. The second-order valence-corrected chi connectivity index (χ2v) is 6.39. The third-order valence-corrected chi connectivity index (χ3v) is 5.00. The van der Waals surface area contributed by atoms with Crippen LogP contribution < -0.4 is 10.1 Å². The lowest BCUT2D eigenvalue weighted by Gasteiger charge is -2.20. The molecular weight excluding hydrogens is 262 g/mol. The van der Waals surface area contributed by atoms with E-state index in [1.54, 1.807) is 7.11 Å². The van der Waals surface area contributed by atoms with E-state index in [0.717, 1.165) is 12.3 Å². The van der Waals surface area contributed by atoms with Crippen molar-refractivity contribution in [3.05, 3.63) is 29.3 Å². The molecule has 3 rings (SSSR count). The molecule has 2 aliphatic rings. The quantitative estimate of drug-likeness (QED) is 0.860. The van der Waals surface area contributed by atoms with E-state index in [4.69, 9.17) is 4.74 Å². The van der Waals surface area contributed by atoms with Crippen molar-refractivity contribution in [2.45, 2.75) is 56.8 Å². The van der Waals surface area contributed by atoms with Gasteiger partial charge in [0.25, 0.3) is 0 Å². The van der Waals surface area contributed by atoms with Crippen molar-refractivity contribution < 1.29 is 9.53 Å². The zero-order chi connectivity index (χ0) is 14.7. The SMILES string of the molecule is COc1ccc(C2CNC(=O)C2)cc1C1CCCCCC1. The molecule has 114 valence electrons. The largest absolute Gasteiger partial charge is 0.496 e. The molecule has 21 heavy (non-hydrogen) atoms. The maximum absolute atomic E-state index is 11.4. The summed E-state index contributed by atoms with van der Waals surface area (Å²) in [5.74, 6) is 2.13. The van der Waals surface area contributed by atoms with Gasteiger partial charge in [-0.25, -0.2) is 0 Å². The lowest BCUT2D eigenvalue weighted by molar-refractivity contribution is -0.119. The van der Waals surface area contributed by atoms with Gasteiger partial charge in [0, 0.05) is 18.9 Å². The van der Waals surface area contributed by atoms with Gasteiger partial charge in [-0.2, -0.15) is 0 Å². The molecule has 1 aromatic carbocycles. The van der Waals surface area contributed by atoms with Gasteiger partial charge in [0.05, 0.1) is 7.11 Å². The third kappa shape index (κ3) is 3.22. The number of benzene rings is 1. The molecule has 1 aliphatic heterocycles. The van der Waals surface area contributed by atoms with Crippen LogP contribution in [0.5, 0.6) is 5.75 Å². The van der Waals surface area contributed by atoms with Crippen LogP contribution in [0, 0.1) is 0 Å². The number of hydrogen-bond donors (Lipinski definition) is 1. The number of nitrogens with one attached hydrogen (secondary N) is 1. The lowest BCUT2D eigenvalue weighted by Crippen LogP contribution is -2.13. The fourth-order valence-electron chi connectivity index (χ4n) is 3.76. The van der Waals surface area contributed by atoms with Crippen LogP contribution in [0.1, 0.15) is 67.9 Å². The molecule has 1 unspecified atom stereocenters. The van der Waals surface area contributed by atoms with Crippen molar-refractivity contribution in [1.29, 1.82) is 0 Å². The first-order valence-electron chi connectivity index (χ1n) is 8.22. The monoisotopic (exact) mass is 287 g/mol. The van der Waals surface area contributed by atoms with Crippen LogP contribution >= 0.6 is 0 Å². The number of rotatable bonds is 3. The molecule has 0 aromatic heterocycles. The molecule has 1 aromatic rings. The van der Waals surface area contributed by atoms with Gasteiger partial charge in [-0.05, 0) is 36.0 Å². The Hall–Kier alpha value is -1.51. The summed E-state index contributed by atoms with van der Waals surface area (Å²) in [5, 5.41) is 2.94. The van der Waals surface area contributed by atoms with Crippen LogP contribution in [0.3, 0.4) is 0 Å². The molecule has 1 heterocycles. The molecule has 1 N–H and O–H groups in total. The Labute approximate surface area is 127 Å². The smallest absolute Gasteiger partial charge is 0.220 e. The number of carbonyl (C=O) groups is 1. The summed E-state index contributed by atoms with van der Waals surface area (Å²) < 4.78 is 5.60. The van der Waals surface area contributed by atoms with E-state index >= 15 is 0 Å². The molecule has 1 atom stereocenters. The number of methoxy groups -OCH3 is 1. The zero-order valence-electron chi connectivity index (χ0n) is 12.9. The molecule has 3 nitrogen and oxygen atoms in total. The standard InChI is InChI=1S/C18H25NO2/c1-21-17-9-8-14(15-11-18(20)19-12-15)10-16(17)13-6-4-2-3-5-7-13/h8-10,13,15H,2-7,11-12H2,1H3,(H,19,20). The van der Waals surface area contributed by atoms with Gasteiger partial charge in [0.15, 0.2) is 0 Å². The fraction of sp³-hybridized carbons (Fsp3) is 0.611. The Balaban J connectivity index is 1.87. The Morgan fingerprint density at radius 3 is 2.48 bits per heavy atom. The minimum Gasteiger partial charge on any atom is -0.496 e. The molecule has 0 radical (unpaired) electrons. The van der Waals surface area contributed by atoms with Crippen molar-refractivity contribution in [2.75, 3.05) is 13.7 Å². The molecule has 3 heteroatoms. The van der Waals surface area contributed by atoms with Gasteiger partial charge in [0.2, 0.25) is 5.91 Å². The van der Waals surface area contributed by atoms with Crippen LogP contribution in [0.25, 0.3) is 0 Å². The normalized spacial score (nSPS) is 23.7. The Morgan fingerprint density at radius 1 is 1.10 bits per heavy atom.